The zero-order chi connectivity index (χ0) is 14.4. The summed E-state index contributed by atoms with van der Waals surface area (Å²) in [5.41, 5.74) is 8.82. The number of rotatable bonds is 6. The number of benzene rings is 1. The molecule has 0 aliphatic carbocycles. The van der Waals surface area contributed by atoms with Crippen molar-refractivity contribution in [2.75, 3.05) is 11.9 Å². The summed E-state index contributed by atoms with van der Waals surface area (Å²) in [6.07, 6.45) is 0. The second-order valence-corrected chi connectivity index (χ2v) is 5.14. The minimum atomic E-state index is -0.213. The third-order valence-corrected chi connectivity index (χ3v) is 3.41. The fourth-order valence-electron chi connectivity index (χ4n) is 1.50. The molecule has 0 radical (unpaired) electrons. The molecule has 106 valence electrons. The van der Waals surface area contributed by atoms with Crippen LogP contribution in [0.4, 0.5) is 5.69 Å². The van der Waals surface area contributed by atoms with Crippen LogP contribution in [0.1, 0.15) is 12.6 Å². The number of hydrogen-bond acceptors (Lipinski definition) is 5. The first-order valence-corrected chi connectivity index (χ1v) is 7.24. The number of ether oxygens (including phenoxy) is 1. The normalized spacial score (nSPS) is 11.9. The number of nitrogens with one attached hydrogen (secondary N) is 1. The summed E-state index contributed by atoms with van der Waals surface area (Å²) in [7, 11) is 0. The molecule has 1 atom stereocenters. The van der Waals surface area contributed by atoms with Gasteiger partial charge in [0.25, 0.3) is 0 Å². The van der Waals surface area contributed by atoms with Crippen LogP contribution >= 0.6 is 11.3 Å². The number of amides is 1. The molecule has 6 heteroatoms. The molecule has 0 saturated heterocycles. The van der Waals surface area contributed by atoms with E-state index in [-0.39, 0.29) is 11.8 Å². The lowest BCUT2D eigenvalue weighted by molar-refractivity contribution is -0.119. The van der Waals surface area contributed by atoms with Crippen LogP contribution in [0.2, 0.25) is 0 Å². The maximum absolute atomic E-state index is 11.8. The summed E-state index contributed by atoms with van der Waals surface area (Å²) in [5, 5.41) is 4.75. The molecule has 3 N–H and O–H groups in total. The zero-order valence-electron chi connectivity index (χ0n) is 11.2. The number of thiazole rings is 1. The second-order valence-electron chi connectivity index (χ2n) is 4.42. The van der Waals surface area contributed by atoms with E-state index in [2.05, 4.69) is 10.3 Å². The van der Waals surface area contributed by atoms with Crippen LogP contribution < -0.4 is 15.8 Å². The van der Waals surface area contributed by atoms with E-state index in [1.807, 2.05) is 23.6 Å². The van der Waals surface area contributed by atoms with Crippen molar-refractivity contribution in [3.8, 4) is 5.75 Å². The predicted molar refractivity (Wildman–Crippen MR) is 79.7 cm³/mol. The second kappa shape index (κ2) is 7.02. The third kappa shape index (κ3) is 4.04. The molecule has 1 aromatic carbocycles. The first-order valence-electron chi connectivity index (χ1n) is 6.30. The van der Waals surface area contributed by atoms with E-state index >= 15 is 0 Å². The SMILES string of the molecule is CC(CN)C(=O)Nc1cccc(OCc2cscn2)c1. The summed E-state index contributed by atoms with van der Waals surface area (Å²) in [6, 6.07) is 7.28. The van der Waals surface area contributed by atoms with Crippen molar-refractivity contribution in [1.82, 2.24) is 4.98 Å². The monoisotopic (exact) mass is 291 g/mol. The predicted octanol–water partition coefficient (Wildman–Crippen LogP) is 2.26. The van der Waals surface area contributed by atoms with Gasteiger partial charge in [-0.05, 0) is 12.1 Å². The molecule has 0 saturated carbocycles. The van der Waals surface area contributed by atoms with Crippen LogP contribution in [-0.4, -0.2) is 17.4 Å². The van der Waals surface area contributed by atoms with E-state index in [0.717, 1.165) is 5.69 Å². The summed E-state index contributed by atoms with van der Waals surface area (Å²) in [5.74, 6) is 0.384. The molecule has 1 heterocycles. The molecule has 1 amide bonds. The summed E-state index contributed by atoms with van der Waals surface area (Å²) in [6.45, 7) is 2.53. The molecule has 0 aliphatic heterocycles. The van der Waals surface area contributed by atoms with Crippen LogP contribution in [0, 0.1) is 5.92 Å². The van der Waals surface area contributed by atoms with Gasteiger partial charge in [0.2, 0.25) is 5.91 Å². The smallest absolute Gasteiger partial charge is 0.228 e. The topological polar surface area (TPSA) is 77.2 Å². The Hall–Kier alpha value is -1.92. The first-order chi connectivity index (χ1) is 9.69. The van der Waals surface area contributed by atoms with Gasteiger partial charge >= 0.3 is 0 Å². The van der Waals surface area contributed by atoms with Crippen LogP contribution in [0.15, 0.2) is 35.2 Å². The highest BCUT2D eigenvalue weighted by atomic mass is 32.1. The van der Waals surface area contributed by atoms with Gasteiger partial charge in [-0.15, -0.1) is 11.3 Å². The van der Waals surface area contributed by atoms with Gasteiger partial charge in [-0.3, -0.25) is 4.79 Å². The maximum atomic E-state index is 11.8. The van der Waals surface area contributed by atoms with Crippen molar-refractivity contribution in [3.05, 3.63) is 40.8 Å². The van der Waals surface area contributed by atoms with E-state index in [1.165, 1.54) is 11.3 Å². The average Bonchev–Trinajstić information content (AvgIpc) is 2.98. The molecule has 5 nitrogen and oxygen atoms in total. The van der Waals surface area contributed by atoms with Crippen LogP contribution in [0.5, 0.6) is 5.75 Å². The number of carbonyl (C=O) groups excluding carboxylic acids is 1. The summed E-state index contributed by atoms with van der Waals surface area (Å²) < 4.78 is 5.63. The Labute approximate surface area is 121 Å². The molecular formula is C14H17N3O2S. The van der Waals surface area contributed by atoms with Gasteiger partial charge in [-0.1, -0.05) is 13.0 Å². The molecule has 2 aromatic rings. The molecule has 1 aromatic heterocycles. The van der Waals surface area contributed by atoms with Gasteiger partial charge in [0.1, 0.15) is 12.4 Å². The Bertz CT molecular complexity index is 557. The maximum Gasteiger partial charge on any atom is 0.228 e. The summed E-state index contributed by atoms with van der Waals surface area (Å²) >= 11 is 1.53. The van der Waals surface area contributed by atoms with E-state index in [0.29, 0.717) is 24.6 Å². The fourth-order valence-corrected chi connectivity index (χ4v) is 2.05. The molecule has 0 aliphatic rings. The molecule has 0 bridgehead atoms. The van der Waals surface area contributed by atoms with E-state index in [4.69, 9.17) is 10.5 Å². The molecule has 0 fully saturated rings. The minimum Gasteiger partial charge on any atom is -0.487 e. The average molecular weight is 291 g/mol. The molecule has 2 rings (SSSR count). The zero-order valence-corrected chi connectivity index (χ0v) is 12.0. The van der Waals surface area contributed by atoms with Gasteiger partial charge in [0.15, 0.2) is 0 Å². The molecule has 1 unspecified atom stereocenters. The molecule has 20 heavy (non-hydrogen) atoms. The van der Waals surface area contributed by atoms with Crippen molar-refractivity contribution >= 4 is 22.9 Å². The third-order valence-electron chi connectivity index (χ3n) is 2.77. The lowest BCUT2D eigenvalue weighted by Gasteiger charge is -2.11. The minimum absolute atomic E-state index is 0.0934. The largest absolute Gasteiger partial charge is 0.487 e. The lowest BCUT2D eigenvalue weighted by Crippen LogP contribution is -2.26. The highest BCUT2D eigenvalue weighted by molar-refractivity contribution is 7.07. The van der Waals surface area contributed by atoms with Crippen molar-refractivity contribution in [1.29, 1.82) is 0 Å². The molecular weight excluding hydrogens is 274 g/mol. The Morgan fingerprint density at radius 1 is 1.55 bits per heavy atom. The highest BCUT2D eigenvalue weighted by Gasteiger charge is 2.11. The number of aromatic nitrogens is 1. The highest BCUT2D eigenvalue weighted by Crippen LogP contribution is 2.19. The standard InChI is InChI=1S/C14H17N3O2S/c1-10(6-15)14(18)17-11-3-2-4-13(5-11)19-7-12-8-20-9-16-12/h2-5,8-10H,6-7,15H2,1H3,(H,17,18). The summed E-state index contributed by atoms with van der Waals surface area (Å²) in [4.78, 5) is 15.9. The Kier molecular flexibility index (Phi) is 5.09. The number of nitrogens with two attached hydrogens (primary N) is 1. The Balaban J connectivity index is 1.95. The van der Waals surface area contributed by atoms with E-state index < -0.39 is 0 Å². The lowest BCUT2D eigenvalue weighted by atomic mass is 10.1. The van der Waals surface area contributed by atoms with E-state index in [9.17, 15) is 4.79 Å². The number of hydrogen-bond donors (Lipinski definition) is 2. The number of carbonyl (C=O) groups is 1. The van der Waals surface area contributed by atoms with E-state index in [1.54, 1.807) is 18.5 Å². The molecule has 0 spiro atoms. The first kappa shape index (κ1) is 14.5. The van der Waals surface area contributed by atoms with Gasteiger partial charge in [0, 0.05) is 29.6 Å². The van der Waals surface area contributed by atoms with Crippen LogP contribution in [-0.2, 0) is 11.4 Å². The van der Waals surface area contributed by atoms with Crippen molar-refractivity contribution in [3.63, 3.8) is 0 Å². The number of nitrogens with zero attached hydrogens (tertiary/aromatic N) is 1. The van der Waals surface area contributed by atoms with Gasteiger partial charge in [-0.2, -0.15) is 0 Å². The van der Waals surface area contributed by atoms with Crippen molar-refractivity contribution in [2.45, 2.75) is 13.5 Å². The van der Waals surface area contributed by atoms with Crippen molar-refractivity contribution in [2.24, 2.45) is 11.7 Å². The van der Waals surface area contributed by atoms with Crippen LogP contribution in [0.3, 0.4) is 0 Å². The fraction of sp³-hybridized carbons (Fsp3) is 0.286. The Morgan fingerprint density at radius 3 is 3.10 bits per heavy atom. The number of anilines is 1. The quantitative estimate of drug-likeness (QED) is 0.855. The van der Waals surface area contributed by atoms with Gasteiger partial charge in [0.05, 0.1) is 11.2 Å². The van der Waals surface area contributed by atoms with Crippen LogP contribution in [0.25, 0.3) is 0 Å². The Morgan fingerprint density at radius 2 is 2.40 bits per heavy atom. The van der Waals surface area contributed by atoms with Crippen molar-refractivity contribution < 1.29 is 9.53 Å². The van der Waals surface area contributed by atoms with Gasteiger partial charge < -0.3 is 15.8 Å². The van der Waals surface area contributed by atoms with Gasteiger partial charge in [-0.25, -0.2) is 4.98 Å².